The van der Waals surface area contributed by atoms with Gasteiger partial charge in [0.2, 0.25) is 0 Å². The Morgan fingerprint density at radius 3 is 2.65 bits per heavy atom. The highest BCUT2D eigenvalue weighted by molar-refractivity contribution is 9.10. The van der Waals surface area contributed by atoms with Gasteiger partial charge in [0.15, 0.2) is 0 Å². The molecule has 17 heavy (non-hydrogen) atoms. The molecule has 2 rings (SSSR count). The summed E-state index contributed by atoms with van der Waals surface area (Å²) in [4.78, 5) is 1.20. The normalized spacial score (nSPS) is 18.6. The van der Waals surface area contributed by atoms with Gasteiger partial charge in [-0.3, -0.25) is 0 Å². The van der Waals surface area contributed by atoms with E-state index in [1.807, 2.05) is 0 Å². The van der Waals surface area contributed by atoms with Gasteiger partial charge in [0.1, 0.15) is 4.34 Å². The van der Waals surface area contributed by atoms with Gasteiger partial charge in [-0.15, -0.1) is 22.9 Å². The van der Waals surface area contributed by atoms with Crippen LogP contribution in [0.5, 0.6) is 0 Å². The standard InChI is InChI=1S/C13H15BrCl2S/c14-12-7-11(17-13(12)16)6-10(8-15)9-4-2-1-3-5-9/h6-7,9H,1-5,8H2. The van der Waals surface area contributed by atoms with Crippen molar-refractivity contribution in [3.8, 4) is 0 Å². The van der Waals surface area contributed by atoms with Gasteiger partial charge in [-0.1, -0.05) is 36.4 Å². The number of halogens is 3. The Morgan fingerprint density at radius 2 is 2.12 bits per heavy atom. The number of thiophene rings is 1. The molecule has 0 atom stereocenters. The molecule has 1 aromatic heterocycles. The topological polar surface area (TPSA) is 0 Å². The number of hydrogen-bond acceptors (Lipinski definition) is 1. The lowest BCUT2D eigenvalue weighted by Crippen LogP contribution is -2.10. The average molecular weight is 354 g/mol. The van der Waals surface area contributed by atoms with Crippen LogP contribution in [0.25, 0.3) is 6.08 Å². The summed E-state index contributed by atoms with van der Waals surface area (Å²) in [6.07, 6.45) is 8.87. The van der Waals surface area contributed by atoms with Crippen molar-refractivity contribution in [1.82, 2.24) is 0 Å². The predicted octanol–water partition coefficient (Wildman–Crippen LogP) is 6.37. The van der Waals surface area contributed by atoms with Crippen molar-refractivity contribution in [1.29, 1.82) is 0 Å². The van der Waals surface area contributed by atoms with Crippen molar-refractivity contribution in [2.24, 2.45) is 5.92 Å². The van der Waals surface area contributed by atoms with Crippen LogP contribution < -0.4 is 0 Å². The molecule has 1 fully saturated rings. The van der Waals surface area contributed by atoms with Gasteiger partial charge in [-0.2, -0.15) is 0 Å². The smallest absolute Gasteiger partial charge is 0.108 e. The van der Waals surface area contributed by atoms with Crippen LogP contribution in [0, 0.1) is 5.92 Å². The van der Waals surface area contributed by atoms with Crippen LogP contribution in [0.15, 0.2) is 16.1 Å². The second kappa shape index (κ2) is 6.60. The predicted molar refractivity (Wildman–Crippen MR) is 82.3 cm³/mol. The van der Waals surface area contributed by atoms with E-state index in [2.05, 4.69) is 28.1 Å². The quantitative estimate of drug-likeness (QED) is 0.554. The number of allylic oxidation sites excluding steroid dienone is 1. The molecule has 0 bridgehead atoms. The zero-order valence-corrected chi connectivity index (χ0v) is 13.4. The van der Waals surface area contributed by atoms with E-state index in [1.54, 1.807) is 11.3 Å². The van der Waals surface area contributed by atoms with Gasteiger partial charge in [0.05, 0.1) is 0 Å². The average Bonchev–Trinajstić information content (AvgIpc) is 2.67. The van der Waals surface area contributed by atoms with Crippen LogP contribution >= 0.6 is 50.5 Å². The Morgan fingerprint density at radius 1 is 1.41 bits per heavy atom. The zero-order valence-electron chi connectivity index (χ0n) is 9.52. The fraction of sp³-hybridized carbons (Fsp3) is 0.538. The largest absolute Gasteiger partial charge is 0.123 e. The number of alkyl halides is 1. The van der Waals surface area contributed by atoms with Crippen LogP contribution in [-0.4, -0.2) is 5.88 Å². The lowest BCUT2D eigenvalue weighted by Gasteiger charge is -2.23. The first kappa shape index (κ1) is 13.9. The molecule has 0 aromatic carbocycles. The van der Waals surface area contributed by atoms with Crippen LogP contribution in [-0.2, 0) is 0 Å². The molecule has 4 heteroatoms. The SMILES string of the molecule is ClCC(=Cc1cc(Br)c(Cl)s1)C1CCCCC1. The second-order valence-electron chi connectivity index (χ2n) is 4.46. The van der Waals surface area contributed by atoms with Crippen LogP contribution in [0.1, 0.15) is 37.0 Å². The zero-order chi connectivity index (χ0) is 12.3. The summed E-state index contributed by atoms with van der Waals surface area (Å²) in [6, 6.07) is 2.07. The number of hydrogen-bond donors (Lipinski definition) is 0. The molecule has 0 amide bonds. The summed E-state index contributed by atoms with van der Waals surface area (Å²) in [5.41, 5.74) is 1.37. The van der Waals surface area contributed by atoms with Crippen molar-refractivity contribution in [2.75, 3.05) is 5.88 Å². The third kappa shape index (κ3) is 3.73. The summed E-state index contributed by atoms with van der Waals surface area (Å²) in [7, 11) is 0. The minimum Gasteiger partial charge on any atom is -0.123 e. The summed E-state index contributed by atoms with van der Waals surface area (Å²) in [5, 5.41) is 0. The molecule has 0 aliphatic heterocycles. The maximum atomic E-state index is 6.09. The maximum absolute atomic E-state index is 6.09. The van der Waals surface area contributed by atoms with Crippen LogP contribution in [0.2, 0.25) is 4.34 Å². The molecule has 1 saturated carbocycles. The molecule has 1 aliphatic carbocycles. The van der Waals surface area contributed by atoms with E-state index in [-0.39, 0.29) is 0 Å². The van der Waals surface area contributed by atoms with Gasteiger partial charge in [-0.25, -0.2) is 0 Å². The fourth-order valence-corrected chi connectivity index (χ4v) is 4.36. The lowest BCUT2D eigenvalue weighted by atomic mass is 9.84. The first-order valence-corrected chi connectivity index (χ1v) is 8.44. The van der Waals surface area contributed by atoms with Crippen LogP contribution in [0.3, 0.4) is 0 Å². The van der Waals surface area contributed by atoms with Gasteiger partial charge < -0.3 is 0 Å². The van der Waals surface area contributed by atoms with E-state index < -0.39 is 0 Å². The van der Waals surface area contributed by atoms with E-state index in [4.69, 9.17) is 23.2 Å². The van der Waals surface area contributed by atoms with E-state index in [0.717, 1.165) is 8.81 Å². The Balaban J connectivity index is 2.16. The Hall–Kier alpha value is 0.500. The van der Waals surface area contributed by atoms with Crippen LogP contribution in [0.4, 0.5) is 0 Å². The Labute approximate surface area is 125 Å². The molecule has 0 spiro atoms. The monoisotopic (exact) mass is 352 g/mol. The molecule has 94 valence electrons. The molecule has 0 saturated heterocycles. The van der Waals surface area contributed by atoms with Gasteiger partial charge in [-0.05, 0) is 46.8 Å². The summed E-state index contributed by atoms with van der Waals surface area (Å²) < 4.78 is 1.79. The number of rotatable bonds is 3. The van der Waals surface area contributed by atoms with Crippen molar-refractivity contribution in [3.05, 3.63) is 25.3 Å². The first-order chi connectivity index (χ1) is 8.20. The summed E-state index contributed by atoms with van der Waals surface area (Å²) >= 11 is 17.2. The third-order valence-electron chi connectivity index (χ3n) is 3.28. The molecule has 0 unspecified atom stereocenters. The minimum atomic E-state index is 0.637. The third-order valence-corrected chi connectivity index (χ3v) is 6.01. The van der Waals surface area contributed by atoms with Crippen molar-refractivity contribution < 1.29 is 0 Å². The molecule has 1 aliphatic rings. The van der Waals surface area contributed by atoms with Gasteiger partial charge in [0.25, 0.3) is 0 Å². The van der Waals surface area contributed by atoms with E-state index in [1.165, 1.54) is 42.6 Å². The van der Waals surface area contributed by atoms with Crippen molar-refractivity contribution in [3.63, 3.8) is 0 Å². The summed E-state index contributed by atoms with van der Waals surface area (Å²) in [6.45, 7) is 0. The van der Waals surface area contributed by atoms with Crippen molar-refractivity contribution in [2.45, 2.75) is 32.1 Å². The molecular weight excluding hydrogens is 339 g/mol. The molecule has 1 aromatic rings. The second-order valence-corrected chi connectivity index (χ2v) is 7.27. The molecule has 1 heterocycles. The highest BCUT2D eigenvalue weighted by Crippen LogP contribution is 2.36. The van der Waals surface area contributed by atoms with Gasteiger partial charge >= 0.3 is 0 Å². The highest BCUT2D eigenvalue weighted by atomic mass is 79.9. The van der Waals surface area contributed by atoms with E-state index in [9.17, 15) is 0 Å². The molecule has 0 nitrogen and oxygen atoms in total. The lowest BCUT2D eigenvalue weighted by molar-refractivity contribution is 0.405. The Bertz CT molecular complexity index is 386. The maximum Gasteiger partial charge on any atom is 0.108 e. The molecular formula is C13H15BrCl2S. The van der Waals surface area contributed by atoms with Crippen molar-refractivity contribution >= 4 is 56.5 Å². The Kier molecular flexibility index (Phi) is 5.41. The minimum absolute atomic E-state index is 0.637. The molecule has 0 radical (unpaired) electrons. The first-order valence-electron chi connectivity index (χ1n) is 5.92. The van der Waals surface area contributed by atoms with E-state index in [0.29, 0.717) is 11.8 Å². The fourth-order valence-electron chi connectivity index (χ4n) is 2.36. The van der Waals surface area contributed by atoms with Gasteiger partial charge in [0, 0.05) is 15.2 Å². The summed E-state index contributed by atoms with van der Waals surface area (Å²) in [5.74, 6) is 1.32. The highest BCUT2D eigenvalue weighted by Gasteiger charge is 2.17. The molecule has 0 N–H and O–H groups in total. The van der Waals surface area contributed by atoms with E-state index >= 15 is 0 Å².